The zero-order valence-electron chi connectivity index (χ0n) is 11.1. The van der Waals surface area contributed by atoms with Gasteiger partial charge in [0.15, 0.2) is 0 Å². The number of hydrogen-bond donors (Lipinski definition) is 0. The normalized spacial score (nSPS) is 29.4. The zero-order valence-corrected chi connectivity index (χ0v) is 11.1. The van der Waals surface area contributed by atoms with E-state index in [1.165, 1.54) is 24.0 Å². The molecule has 2 atom stereocenters. The number of rotatable bonds is 1. The Balaban J connectivity index is 0.000000128. The summed E-state index contributed by atoms with van der Waals surface area (Å²) in [5.74, 6) is 1.34. The van der Waals surface area contributed by atoms with Crippen LogP contribution < -0.4 is 0 Å². The van der Waals surface area contributed by atoms with Crippen molar-refractivity contribution in [3.63, 3.8) is 0 Å². The fraction of sp³-hybridized carbons (Fsp3) is 0.562. The lowest BCUT2D eigenvalue weighted by Gasteiger charge is -2.56. The standard InChI is InChI=1S/C8H12O.C8H10/c1-2-8-4-3-6(8)5-7(8)9;1-7-3-5-8(2)6-4-7/h6H,2-5H2,1H3;3-6H,1-2H3. The van der Waals surface area contributed by atoms with Crippen molar-refractivity contribution in [3.8, 4) is 0 Å². The molecule has 2 unspecified atom stereocenters. The number of carbonyl (C=O) groups excluding carboxylic acids is 1. The van der Waals surface area contributed by atoms with Crippen molar-refractivity contribution in [2.24, 2.45) is 11.3 Å². The quantitative estimate of drug-likeness (QED) is 0.710. The number of ketones is 1. The van der Waals surface area contributed by atoms with Crippen molar-refractivity contribution < 1.29 is 4.79 Å². The molecule has 0 aliphatic heterocycles. The molecular weight excluding hydrogens is 208 g/mol. The first-order chi connectivity index (χ1) is 8.08. The minimum Gasteiger partial charge on any atom is -0.299 e. The van der Waals surface area contributed by atoms with Gasteiger partial charge in [0.1, 0.15) is 5.78 Å². The van der Waals surface area contributed by atoms with Crippen LogP contribution in [0.25, 0.3) is 0 Å². The fourth-order valence-corrected chi connectivity index (χ4v) is 2.96. The highest BCUT2D eigenvalue weighted by molar-refractivity contribution is 5.92. The van der Waals surface area contributed by atoms with E-state index in [1.54, 1.807) is 0 Å². The number of aryl methyl sites for hydroxylation is 2. The molecule has 3 rings (SSSR count). The first kappa shape index (κ1) is 12.3. The summed E-state index contributed by atoms with van der Waals surface area (Å²) in [4.78, 5) is 11.0. The van der Waals surface area contributed by atoms with Crippen molar-refractivity contribution in [3.05, 3.63) is 35.4 Å². The summed E-state index contributed by atoms with van der Waals surface area (Å²) < 4.78 is 0. The van der Waals surface area contributed by atoms with E-state index >= 15 is 0 Å². The van der Waals surface area contributed by atoms with Gasteiger partial charge in [-0.2, -0.15) is 0 Å². The van der Waals surface area contributed by atoms with Crippen LogP contribution in [-0.4, -0.2) is 5.78 Å². The molecule has 2 fully saturated rings. The van der Waals surface area contributed by atoms with Crippen molar-refractivity contribution in [1.82, 2.24) is 0 Å². The minimum absolute atomic E-state index is 0.222. The van der Waals surface area contributed by atoms with Gasteiger partial charge in [0.2, 0.25) is 0 Å². The van der Waals surface area contributed by atoms with Crippen LogP contribution in [0.5, 0.6) is 0 Å². The van der Waals surface area contributed by atoms with Crippen LogP contribution in [0.4, 0.5) is 0 Å². The average molecular weight is 230 g/mol. The first-order valence-corrected chi connectivity index (χ1v) is 6.65. The average Bonchev–Trinajstić information content (AvgIpc) is 2.31. The number of carbonyl (C=O) groups is 1. The molecule has 1 aromatic carbocycles. The zero-order chi connectivity index (χ0) is 12.5. The maximum atomic E-state index is 11.0. The largest absolute Gasteiger partial charge is 0.299 e. The topological polar surface area (TPSA) is 17.1 Å². The predicted octanol–water partition coefficient (Wildman–Crippen LogP) is 4.07. The van der Waals surface area contributed by atoms with Crippen LogP contribution >= 0.6 is 0 Å². The Labute approximate surface area is 104 Å². The molecule has 1 nitrogen and oxygen atoms in total. The second kappa shape index (κ2) is 4.64. The van der Waals surface area contributed by atoms with Gasteiger partial charge in [-0.3, -0.25) is 4.79 Å². The maximum absolute atomic E-state index is 11.0. The first-order valence-electron chi connectivity index (χ1n) is 6.65. The van der Waals surface area contributed by atoms with E-state index in [-0.39, 0.29) is 5.41 Å². The monoisotopic (exact) mass is 230 g/mol. The predicted molar refractivity (Wildman–Crippen MR) is 71.0 cm³/mol. The second-order valence-electron chi connectivity index (χ2n) is 5.53. The van der Waals surface area contributed by atoms with Crippen molar-refractivity contribution in [2.75, 3.05) is 0 Å². The van der Waals surface area contributed by atoms with Gasteiger partial charge in [-0.25, -0.2) is 0 Å². The van der Waals surface area contributed by atoms with Crippen molar-refractivity contribution in [2.45, 2.75) is 46.5 Å². The summed E-state index contributed by atoms with van der Waals surface area (Å²) in [6, 6.07) is 8.48. The fourth-order valence-electron chi connectivity index (χ4n) is 2.96. The Morgan fingerprint density at radius 1 is 1.18 bits per heavy atom. The van der Waals surface area contributed by atoms with Gasteiger partial charge >= 0.3 is 0 Å². The molecule has 0 spiro atoms. The Kier molecular flexibility index (Phi) is 3.37. The molecule has 0 bridgehead atoms. The molecule has 0 N–H and O–H groups in total. The van der Waals surface area contributed by atoms with Gasteiger partial charge in [0.05, 0.1) is 0 Å². The van der Waals surface area contributed by atoms with Crippen LogP contribution in [0, 0.1) is 25.2 Å². The molecule has 0 aromatic heterocycles. The van der Waals surface area contributed by atoms with E-state index in [2.05, 4.69) is 45.0 Å². The molecule has 1 heteroatoms. The van der Waals surface area contributed by atoms with Crippen LogP contribution in [0.2, 0.25) is 0 Å². The summed E-state index contributed by atoms with van der Waals surface area (Å²) >= 11 is 0. The molecule has 0 heterocycles. The molecular formula is C16H22O. The van der Waals surface area contributed by atoms with E-state index in [0.717, 1.165) is 18.8 Å². The Bertz CT molecular complexity index is 379. The molecule has 0 radical (unpaired) electrons. The van der Waals surface area contributed by atoms with Gasteiger partial charge in [0.25, 0.3) is 0 Å². The maximum Gasteiger partial charge on any atom is 0.139 e. The van der Waals surface area contributed by atoms with E-state index < -0.39 is 0 Å². The number of Topliss-reactive ketones (excluding diaryl/α,β-unsaturated/α-hetero) is 1. The van der Waals surface area contributed by atoms with E-state index in [0.29, 0.717) is 5.78 Å². The minimum atomic E-state index is 0.222. The number of fused-ring (bicyclic) bond motifs is 1. The summed E-state index contributed by atoms with van der Waals surface area (Å²) in [5.41, 5.74) is 2.88. The molecule has 2 aliphatic rings. The third-order valence-electron chi connectivity index (χ3n) is 4.56. The van der Waals surface area contributed by atoms with Gasteiger partial charge in [-0.1, -0.05) is 42.3 Å². The molecule has 92 valence electrons. The van der Waals surface area contributed by atoms with E-state index in [4.69, 9.17) is 0 Å². The third-order valence-corrected chi connectivity index (χ3v) is 4.56. The lowest BCUT2D eigenvalue weighted by Crippen LogP contribution is -2.56. The summed E-state index contributed by atoms with van der Waals surface area (Å²) in [5, 5.41) is 0. The van der Waals surface area contributed by atoms with Crippen molar-refractivity contribution in [1.29, 1.82) is 0 Å². The summed E-state index contributed by atoms with van der Waals surface area (Å²) in [6.45, 7) is 6.34. The Morgan fingerprint density at radius 3 is 1.88 bits per heavy atom. The van der Waals surface area contributed by atoms with Gasteiger partial charge in [0, 0.05) is 11.8 Å². The molecule has 2 saturated carbocycles. The van der Waals surface area contributed by atoms with Gasteiger partial charge in [-0.05, 0) is 39.0 Å². The van der Waals surface area contributed by atoms with Crippen LogP contribution in [0.15, 0.2) is 24.3 Å². The Hall–Kier alpha value is -1.11. The second-order valence-corrected chi connectivity index (χ2v) is 5.53. The van der Waals surface area contributed by atoms with E-state index in [1.807, 2.05) is 0 Å². The van der Waals surface area contributed by atoms with Gasteiger partial charge < -0.3 is 0 Å². The summed E-state index contributed by atoms with van der Waals surface area (Å²) in [6.07, 6.45) is 4.50. The van der Waals surface area contributed by atoms with Crippen LogP contribution in [0.1, 0.15) is 43.7 Å². The smallest absolute Gasteiger partial charge is 0.139 e. The molecule has 2 aliphatic carbocycles. The molecule has 17 heavy (non-hydrogen) atoms. The summed E-state index contributed by atoms with van der Waals surface area (Å²) in [7, 11) is 0. The number of benzene rings is 1. The SMILES string of the molecule is CCC12CCC1CC2=O.Cc1ccc(C)cc1. The van der Waals surface area contributed by atoms with Crippen LogP contribution in [-0.2, 0) is 4.79 Å². The van der Waals surface area contributed by atoms with Crippen molar-refractivity contribution >= 4 is 5.78 Å². The lowest BCUT2D eigenvalue weighted by molar-refractivity contribution is -0.161. The lowest BCUT2D eigenvalue weighted by atomic mass is 9.46. The Morgan fingerprint density at radius 2 is 1.71 bits per heavy atom. The van der Waals surface area contributed by atoms with E-state index in [9.17, 15) is 4.79 Å². The van der Waals surface area contributed by atoms with Gasteiger partial charge in [-0.15, -0.1) is 0 Å². The third kappa shape index (κ3) is 2.15. The molecule has 0 saturated heterocycles. The molecule has 0 amide bonds. The highest BCUT2D eigenvalue weighted by Gasteiger charge is 2.58. The molecule has 1 aromatic rings. The van der Waals surface area contributed by atoms with Crippen LogP contribution in [0.3, 0.4) is 0 Å². The highest BCUT2D eigenvalue weighted by atomic mass is 16.1. The highest BCUT2D eigenvalue weighted by Crippen LogP contribution is 2.60. The number of hydrogen-bond acceptors (Lipinski definition) is 1.